The summed E-state index contributed by atoms with van der Waals surface area (Å²) >= 11 is 3.37. The molecule has 2 heterocycles. The van der Waals surface area contributed by atoms with E-state index in [1.165, 1.54) is 30.0 Å². The van der Waals surface area contributed by atoms with Gasteiger partial charge in [-0.05, 0) is 44.2 Å². The molecule has 1 aliphatic rings. The van der Waals surface area contributed by atoms with Crippen LogP contribution >= 0.6 is 15.9 Å². The lowest BCUT2D eigenvalue weighted by atomic mass is 9.88. The molecule has 4 rings (SSSR count). The highest BCUT2D eigenvalue weighted by molar-refractivity contribution is 9.10. The third-order valence-corrected chi connectivity index (χ3v) is 6.48. The van der Waals surface area contributed by atoms with Crippen LogP contribution in [-0.4, -0.2) is 40.9 Å². The van der Waals surface area contributed by atoms with E-state index in [4.69, 9.17) is 9.47 Å². The number of benzene rings is 2. The van der Waals surface area contributed by atoms with E-state index in [1.54, 1.807) is 45.2 Å². The first-order chi connectivity index (χ1) is 17.7. The van der Waals surface area contributed by atoms with Crippen LogP contribution in [0.15, 0.2) is 46.9 Å². The number of halogens is 3. The monoisotopic (exact) mass is 592 g/mol. The number of nitrogens with zero attached hydrogens (tertiary/aromatic N) is 2. The SMILES string of the molecule is COC(=O)C(C)(C)c1cc(-c2ccc(Br)cc2C(=O)C(OC(C)=O)c2ccc3c(c2)OC(F)(F)O3)n(C)n1. The quantitative estimate of drug-likeness (QED) is 0.275. The van der Waals surface area contributed by atoms with Crippen LogP contribution < -0.4 is 9.47 Å². The summed E-state index contributed by atoms with van der Waals surface area (Å²) < 4.78 is 48.4. The summed E-state index contributed by atoms with van der Waals surface area (Å²) in [5.41, 5.74) is 0.535. The van der Waals surface area contributed by atoms with E-state index in [0.717, 1.165) is 6.92 Å². The minimum atomic E-state index is -3.85. The molecule has 0 bridgehead atoms. The van der Waals surface area contributed by atoms with Crippen LogP contribution in [0.1, 0.15) is 48.5 Å². The lowest BCUT2D eigenvalue weighted by Gasteiger charge is -2.19. The molecule has 0 saturated heterocycles. The van der Waals surface area contributed by atoms with Crippen LogP contribution in [0.4, 0.5) is 8.78 Å². The molecule has 0 fully saturated rings. The maximum atomic E-state index is 13.9. The summed E-state index contributed by atoms with van der Waals surface area (Å²) in [7, 11) is 2.94. The Balaban J connectivity index is 1.80. The van der Waals surface area contributed by atoms with Crippen molar-refractivity contribution in [1.82, 2.24) is 9.78 Å². The van der Waals surface area contributed by atoms with Crippen molar-refractivity contribution in [1.29, 1.82) is 0 Å². The van der Waals surface area contributed by atoms with Crippen molar-refractivity contribution >= 4 is 33.7 Å². The molecular weight excluding hydrogens is 570 g/mol. The second-order valence-electron chi connectivity index (χ2n) is 9.07. The molecule has 0 saturated carbocycles. The summed E-state index contributed by atoms with van der Waals surface area (Å²) in [4.78, 5) is 38.2. The largest absolute Gasteiger partial charge is 0.586 e. The number of methoxy groups -OCH3 is 1. The first-order valence-electron chi connectivity index (χ1n) is 11.3. The molecule has 1 aromatic heterocycles. The number of ketones is 1. The van der Waals surface area contributed by atoms with Crippen LogP contribution in [0.3, 0.4) is 0 Å². The number of carbonyl (C=O) groups is 3. The summed E-state index contributed by atoms with van der Waals surface area (Å²) in [6, 6.07) is 10.3. The standard InChI is InChI=1S/C26H23BrF2N2O7/c1-13(32)36-23(14-6-9-19-20(10-14)38-26(28,29)37-19)22(33)17-11-15(27)7-8-16(17)18-12-21(30-31(18)4)25(2,3)24(34)35-5/h6-12,23H,1-5H3. The molecule has 0 radical (unpaired) electrons. The Labute approximate surface area is 224 Å². The maximum absolute atomic E-state index is 13.9. The van der Waals surface area contributed by atoms with Gasteiger partial charge in [0.1, 0.15) is 5.41 Å². The smallest absolute Gasteiger partial charge is 0.468 e. The van der Waals surface area contributed by atoms with Gasteiger partial charge < -0.3 is 18.9 Å². The predicted molar refractivity (Wildman–Crippen MR) is 133 cm³/mol. The molecule has 0 aliphatic carbocycles. The molecule has 0 spiro atoms. The van der Waals surface area contributed by atoms with E-state index < -0.39 is 35.5 Å². The van der Waals surface area contributed by atoms with E-state index in [-0.39, 0.29) is 22.6 Å². The molecule has 0 amide bonds. The van der Waals surface area contributed by atoms with Gasteiger partial charge in [0.25, 0.3) is 0 Å². The van der Waals surface area contributed by atoms with Crippen molar-refractivity contribution in [3.8, 4) is 22.8 Å². The molecule has 200 valence electrons. The van der Waals surface area contributed by atoms with Gasteiger partial charge in [-0.15, -0.1) is 8.78 Å². The van der Waals surface area contributed by atoms with Crippen LogP contribution in [0.2, 0.25) is 0 Å². The van der Waals surface area contributed by atoms with Crippen LogP contribution in [0.5, 0.6) is 11.5 Å². The Hall–Kier alpha value is -3.80. The molecule has 38 heavy (non-hydrogen) atoms. The maximum Gasteiger partial charge on any atom is 0.586 e. The van der Waals surface area contributed by atoms with Crippen molar-refractivity contribution < 1.29 is 42.1 Å². The zero-order valence-electron chi connectivity index (χ0n) is 21.0. The number of hydrogen-bond acceptors (Lipinski definition) is 8. The summed E-state index contributed by atoms with van der Waals surface area (Å²) in [6.45, 7) is 4.46. The first-order valence-corrected chi connectivity index (χ1v) is 12.1. The molecular formula is C26H23BrF2N2O7. The minimum absolute atomic E-state index is 0.105. The predicted octanol–water partition coefficient (Wildman–Crippen LogP) is 5.11. The lowest BCUT2D eigenvalue weighted by molar-refractivity contribution is -0.286. The third-order valence-electron chi connectivity index (χ3n) is 5.99. The third kappa shape index (κ3) is 5.13. The number of fused-ring (bicyclic) bond motifs is 1. The average molecular weight is 593 g/mol. The van der Waals surface area contributed by atoms with Crippen molar-refractivity contribution in [3.63, 3.8) is 0 Å². The highest BCUT2D eigenvalue weighted by Crippen LogP contribution is 2.43. The number of rotatable bonds is 7. The Morgan fingerprint density at radius 3 is 2.42 bits per heavy atom. The Kier molecular flexibility index (Phi) is 7.04. The van der Waals surface area contributed by atoms with Crippen LogP contribution in [0.25, 0.3) is 11.3 Å². The second kappa shape index (κ2) is 9.82. The number of aryl methyl sites for hydroxylation is 1. The lowest BCUT2D eigenvalue weighted by Crippen LogP contribution is -2.30. The van der Waals surface area contributed by atoms with Gasteiger partial charge in [-0.25, -0.2) is 0 Å². The number of Topliss-reactive ketones (excluding diaryl/α,β-unsaturated/α-hetero) is 1. The van der Waals surface area contributed by atoms with Crippen molar-refractivity contribution in [3.05, 3.63) is 63.8 Å². The molecule has 1 aliphatic heterocycles. The zero-order chi connectivity index (χ0) is 28.0. The van der Waals surface area contributed by atoms with E-state index >= 15 is 0 Å². The first kappa shape index (κ1) is 27.2. The molecule has 0 N–H and O–H groups in total. The highest BCUT2D eigenvalue weighted by atomic mass is 79.9. The average Bonchev–Trinajstić information content (AvgIpc) is 3.39. The van der Waals surface area contributed by atoms with Crippen LogP contribution in [0, 0.1) is 0 Å². The van der Waals surface area contributed by atoms with Gasteiger partial charge in [0.15, 0.2) is 17.6 Å². The van der Waals surface area contributed by atoms with Gasteiger partial charge in [-0.2, -0.15) is 5.10 Å². The molecule has 1 unspecified atom stereocenters. The minimum Gasteiger partial charge on any atom is -0.468 e. The van der Waals surface area contributed by atoms with E-state index in [2.05, 4.69) is 30.5 Å². The number of alkyl halides is 2. The topological polar surface area (TPSA) is 106 Å². The van der Waals surface area contributed by atoms with Gasteiger partial charge in [0.05, 0.1) is 18.5 Å². The molecule has 1 atom stereocenters. The fraction of sp³-hybridized carbons (Fsp3) is 0.308. The summed E-state index contributed by atoms with van der Waals surface area (Å²) in [6.07, 6.45) is -5.34. The van der Waals surface area contributed by atoms with Crippen molar-refractivity contribution in [2.24, 2.45) is 7.05 Å². The van der Waals surface area contributed by atoms with Gasteiger partial charge in [0.2, 0.25) is 5.78 Å². The van der Waals surface area contributed by atoms with Gasteiger partial charge >= 0.3 is 18.2 Å². The highest BCUT2D eigenvalue weighted by Gasteiger charge is 2.44. The molecule has 12 heteroatoms. The van der Waals surface area contributed by atoms with E-state index in [9.17, 15) is 23.2 Å². The second-order valence-corrected chi connectivity index (χ2v) is 9.99. The number of carbonyl (C=O) groups excluding carboxylic acids is 3. The summed E-state index contributed by atoms with van der Waals surface area (Å²) in [5.74, 6) is -2.39. The zero-order valence-corrected chi connectivity index (χ0v) is 22.6. The number of aromatic nitrogens is 2. The van der Waals surface area contributed by atoms with E-state index in [1.807, 2.05) is 0 Å². The van der Waals surface area contributed by atoms with Gasteiger partial charge in [-0.1, -0.05) is 28.1 Å². The fourth-order valence-electron chi connectivity index (χ4n) is 4.04. The van der Waals surface area contributed by atoms with Crippen LogP contribution in [-0.2, 0) is 31.5 Å². The normalized spacial score (nSPS) is 14.6. The number of hydrogen-bond donors (Lipinski definition) is 0. The Morgan fingerprint density at radius 1 is 1.08 bits per heavy atom. The van der Waals surface area contributed by atoms with E-state index in [0.29, 0.717) is 21.4 Å². The molecule has 2 aromatic carbocycles. The summed E-state index contributed by atoms with van der Waals surface area (Å²) in [5, 5.41) is 4.46. The van der Waals surface area contributed by atoms with Crippen molar-refractivity contribution in [2.45, 2.75) is 38.6 Å². The number of ether oxygens (including phenoxy) is 4. The van der Waals surface area contributed by atoms with Crippen molar-refractivity contribution in [2.75, 3.05) is 7.11 Å². The van der Waals surface area contributed by atoms with Gasteiger partial charge in [-0.3, -0.25) is 19.1 Å². The molecule has 9 nitrogen and oxygen atoms in total. The Morgan fingerprint density at radius 2 is 1.76 bits per heavy atom. The molecule has 3 aromatic rings. The fourth-order valence-corrected chi connectivity index (χ4v) is 4.40. The van der Waals surface area contributed by atoms with Gasteiger partial charge in [0, 0.05) is 35.1 Å². The number of esters is 2. The Bertz CT molecular complexity index is 1450.